The van der Waals surface area contributed by atoms with Crippen molar-refractivity contribution in [3.05, 3.63) is 61.2 Å². The summed E-state index contributed by atoms with van der Waals surface area (Å²) in [7, 11) is 4.42. The maximum absolute atomic E-state index is 13.8. The van der Waals surface area contributed by atoms with E-state index in [2.05, 4.69) is 20.9 Å². The molecule has 0 spiro atoms. The molecule has 10 heteroatoms. The molecule has 0 unspecified atom stereocenters. The standard InChI is InChI=1S/C17H17BrFN5O3/c1-21(8-10-6-4-5-7-11(10)19)12(25)9-24-14-13(20-16(24)18)15(26)23(3)17(27)22(14)2/h4-7H,8-9H2,1-3H3. The number of nitrogens with zero attached hydrogens (tertiary/aromatic N) is 5. The summed E-state index contributed by atoms with van der Waals surface area (Å²) in [5, 5.41) is 0. The Morgan fingerprint density at radius 2 is 1.89 bits per heavy atom. The number of carbonyl (C=O) groups is 1. The molecule has 2 heterocycles. The van der Waals surface area contributed by atoms with Gasteiger partial charge >= 0.3 is 5.69 Å². The number of likely N-dealkylation sites (N-methyl/N-ethyl adjacent to an activating group) is 1. The maximum Gasteiger partial charge on any atom is 0.332 e. The number of amides is 1. The van der Waals surface area contributed by atoms with Gasteiger partial charge in [-0.25, -0.2) is 14.2 Å². The maximum atomic E-state index is 13.8. The van der Waals surface area contributed by atoms with Crippen molar-refractivity contribution in [3.8, 4) is 0 Å². The van der Waals surface area contributed by atoms with Crippen molar-refractivity contribution in [2.75, 3.05) is 7.05 Å². The molecule has 2 aromatic heterocycles. The van der Waals surface area contributed by atoms with Crippen LogP contribution in [0.2, 0.25) is 0 Å². The third-order valence-corrected chi connectivity index (χ3v) is 4.98. The van der Waals surface area contributed by atoms with Crippen LogP contribution in [0.1, 0.15) is 5.56 Å². The lowest BCUT2D eigenvalue weighted by Gasteiger charge is -2.19. The summed E-state index contributed by atoms with van der Waals surface area (Å²) >= 11 is 3.24. The molecule has 0 bridgehead atoms. The largest absolute Gasteiger partial charge is 0.340 e. The van der Waals surface area contributed by atoms with E-state index >= 15 is 0 Å². The van der Waals surface area contributed by atoms with Crippen molar-refractivity contribution in [1.82, 2.24) is 23.6 Å². The average molecular weight is 438 g/mol. The minimum atomic E-state index is -0.542. The van der Waals surface area contributed by atoms with Crippen LogP contribution in [0.25, 0.3) is 11.2 Å². The molecule has 0 N–H and O–H groups in total. The Morgan fingerprint density at radius 1 is 1.22 bits per heavy atom. The molecule has 1 aromatic carbocycles. The fourth-order valence-corrected chi connectivity index (χ4v) is 3.30. The van der Waals surface area contributed by atoms with Crippen molar-refractivity contribution in [3.63, 3.8) is 0 Å². The van der Waals surface area contributed by atoms with Crippen LogP contribution in [-0.2, 0) is 32.0 Å². The van der Waals surface area contributed by atoms with Gasteiger partial charge in [0, 0.05) is 33.3 Å². The molecular weight excluding hydrogens is 421 g/mol. The summed E-state index contributed by atoms with van der Waals surface area (Å²) in [6.45, 7) is -0.0705. The van der Waals surface area contributed by atoms with E-state index in [-0.39, 0.29) is 34.9 Å². The molecular formula is C17H17BrFN5O3. The Bertz CT molecular complexity index is 1160. The first-order chi connectivity index (χ1) is 12.7. The van der Waals surface area contributed by atoms with Gasteiger partial charge in [-0.15, -0.1) is 0 Å². The van der Waals surface area contributed by atoms with E-state index in [0.717, 1.165) is 4.57 Å². The van der Waals surface area contributed by atoms with Crippen molar-refractivity contribution in [2.45, 2.75) is 13.1 Å². The number of aromatic nitrogens is 4. The summed E-state index contributed by atoms with van der Waals surface area (Å²) in [4.78, 5) is 42.6. The van der Waals surface area contributed by atoms with Crippen LogP contribution in [0, 0.1) is 5.82 Å². The van der Waals surface area contributed by atoms with Gasteiger partial charge in [-0.2, -0.15) is 0 Å². The Hall–Kier alpha value is -2.75. The third-order valence-electron chi connectivity index (χ3n) is 4.38. The van der Waals surface area contributed by atoms with E-state index in [1.54, 1.807) is 25.2 Å². The first kappa shape index (κ1) is 19.0. The van der Waals surface area contributed by atoms with E-state index < -0.39 is 17.1 Å². The Balaban J connectivity index is 1.96. The van der Waals surface area contributed by atoms with E-state index in [9.17, 15) is 18.8 Å². The second-order valence-electron chi connectivity index (χ2n) is 6.19. The number of carbonyl (C=O) groups excluding carboxylic acids is 1. The molecule has 0 aliphatic carbocycles. The highest BCUT2D eigenvalue weighted by atomic mass is 79.9. The normalized spacial score (nSPS) is 11.1. The van der Waals surface area contributed by atoms with Crippen LogP contribution in [0.4, 0.5) is 4.39 Å². The summed E-state index contributed by atoms with van der Waals surface area (Å²) in [6, 6.07) is 6.22. The fraction of sp³-hybridized carbons (Fsp3) is 0.294. The Labute approximate surface area is 161 Å². The van der Waals surface area contributed by atoms with Gasteiger partial charge in [0.15, 0.2) is 15.9 Å². The van der Waals surface area contributed by atoms with Crippen LogP contribution < -0.4 is 11.2 Å². The van der Waals surface area contributed by atoms with Gasteiger partial charge in [0.1, 0.15) is 12.4 Å². The molecule has 0 aliphatic heterocycles. The van der Waals surface area contributed by atoms with Crippen LogP contribution >= 0.6 is 15.9 Å². The Morgan fingerprint density at radius 3 is 2.56 bits per heavy atom. The van der Waals surface area contributed by atoms with Gasteiger partial charge < -0.3 is 4.90 Å². The molecule has 27 heavy (non-hydrogen) atoms. The molecule has 8 nitrogen and oxygen atoms in total. The lowest BCUT2D eigenvalue weighted by atomic mass is 10.2. The molecule has 3 aromatic rings. The number of hydrogen-bond acceptors (Lipinski definition) is 4. The highest BCUT2D eigenvalue weighted by Crippen LogP contribution is 2.17. The zero-order chi connectivity index (χ0) is 19.9. The molecule has 0 saturated heterocycles. The molecule has 0 radical (unpaired) electrons. The van der Waals surface area contributed by atoms with Crippen LogP contribution in [0.5, 0.6) is 0 Å². The predicted molar refractivity (Wildman–Crippen MR) is 101 cm³/mol. The highest BCUT2D eigenvalue weighted by molar-refractivity contribution is 9.10. The van der Waals surface area contributed by atoms with E-state index in [0.29, 0.717) is 5.56 Å². The number of imidazole rings is 1. The average Bonchev–Trinajstić information content (AvgIpc) is 2.96. The fourth-order valence-electron chi connectivity index (χ4n) is 2.83. The molecule has 0 fully saturated rings. The molecule has 3 rings (SSSR count). The summed E-state index contributed by atoms with van der Waals surface area (Å²) in [5.74, 6) is -0.719. The molecule has 142 valence electrons. The number of hydrogen-bond donors (Lipinski definition) is 0. The van der Waals surface area contributed by atoms with Gasteiger partial charge in [-0.3, -0.25) is 23.3 Å². The van der Waals surface area contributed by atoms with Crippen molar-refractivity contribution >= 4 is 33.0 Å². The topological polar surface area (TPSA) is 82.1 Å². The monoisotopic (exact) mass is 437 g/mol. The minimum absolute atomic E-state index is 0.0797. The number of halogens is 2. The van der Waals surface area contributed by atoms with E-state index in [1.165, 1.54) is 34.2 Å². The first-order valence-electron chi connectivity index (χ1n) is 8.01. The summed E-state index contributed by atoms with van der Waals surface area (Å²) < 4.78 is 17.7. The third kappa shape index (κ3) is 3.32. The van der Waals surface area contributed by atoms with Gasteiger partial charge in [0.05, 0.1) is 0 Å². The van der Waals surface area contributed by atoms with Gasteiger partial charge in [-0.05, 0) is 22.0 Å². The van der Waals surface area contributed by atoms with Gasteiger partial charge in [0.2, 0.25) is 5.91 Å². The second kappa shape index (κ2) is 7.10. The smallest absolute Gasteiger partial charge is 0.332 e. The highest BCUT2D eigenvalue weighted by Gasteiger charge is 2.21. The molecule has 0 aliphatic rings. The number of rotatable bonds is 4. The van der Waals surface area contributed by atoms with Crippen LogP contribution in [0.15, 0.2) is 38.6 Å². The lowest BCUT2D eigenvalue weighted by molar-refractivity contribution is -0.131. The Kier molecular flexibility index (Phi) is 5.01. The van der Waals surface area contributed by atoms with E-state index in [4.69, 9.17) is 0 Å². The number of benzene rings is 1. The quantitative estimate of drug-likeness (QED) is 0.570. The van der Waals surface area contributed by atoms with Crippen molar-refractivity contribution in [2.24, 2.45) is 14.1 Å². The van der Waals surface area contributed by atoms with Crippen molar-refractivity contribution < 1.29 is 9.18 Å². The summed E-state index contributed by atoms with van der Waals surface area (Å²) in [6.07, 6.45) is 0. The molecule has 0 atom stereocenters. The van der Waals surface area contributed by atoms with Gasteiger partial charge in [0.25, 0.3) is 5.56 Å². The molecule has 1 amide bonds. The van der Waals surface area contributed by atoms with E-state index in [1.807, 2.05) is 0 Å². The number of fused-ring (bicyclic) bond motifs is 1. The number of aryl methyl sites for hydroxylation is 1. The van der Waals surface area contributed by atoms with Crippen LogP contribution in [0.3, 0.4) is 0 Å². The zero-order valence-corrected chi connectivity index (χ0v) is 16.5. The minimum Gasteiger partial charge on any atom is -0.340 e. The first-order valence-corrected chi connectivity index (χ1v) is 8.80. The SMILES string of the molecule is CN(Cc1ccccc1F)C(=O)Cn1c(Br)nc2c(=O)n(C)c(=O)n(C)c21. The lowest BCUT2D eigenvalue weighted by Crippen LogP contribution is -2.38. The van der Waals surface area contributed by atoms with Gasteiger partial charge in [-0.1, -0.05) is 18.2 Å². The zero-order valence-electron chi connectivity index (χ0n) is 14.9. The molecule has 0 saturated carbocycles. The van der Waals surface area contributed by atoms with Crippen LogP contribution in [-0.4, -0.2) is 36.5 Å². The predicted octanol–water partition coefficient (Wildman–Crippen LogP) is 0.994. The second-order valence-corrected chi connectivity index (χ2v) is 6.90. The van der Waals surface area contributed by atoms with Crippen molar-refractivity contribution in [1.29, 1.82) is 0 Å². The summed E-state index contributed by atoms with van der Waals surface area (Å²) in [5.41, 5.74) is -0.351.